The first kappa shape index (κ1) is 32.8. The van der Waals surface area contributed by atoms with E-state index in [2.05, 4.69) is 79.7 Å². The van der Waals surface area contributed by atoms with Crippen LogP contribution in [0.25, 0.3) is 0 Å². The van der Waals surface area contributed by atoms with Gasteiger partial charge in [-0.1, -0.05) is 0 Å². The summed E-state index contributed by atoms with van der Waals surface area (Å²) in [6.45, 7) is 19.8. The topological polar surface area (TPSA) is 0 Å². The summed E-state index contributed by atoms with van der Waals surface area (Å²) in [6.07, 6.45) is 26.7. The molecule has 0 aliphatic heterocycles. The van der Waals surface area contributed by atoms with Crippen LogP contribution in [-0.2, 0) is 12.5 Å². The molecule has 0 bridgehead atoms. The molecule has 0 saturated heterocycles. The predicted molar refractivity (Wildman–Crippen MR) is 170 cm³/mol. The van der Waals surface area contributed by atoms with Gasteiger partial charge in [0.05, 0.1) is 0 Å². The van der Waals surface area contributed by atoms with E-state index in [1.54, 1.807) is 0 Å². The van der Waals surface area contributed by atoms with Gasteiger partial charge in [-0.15, -0.1) is 0 Å². The Labute approximate surface area is 231 Å². The Hall–Kier alpha value is 1.58. The van der Waals surface area contributed by atoms with E-state index in [9.17, 15) is 0 Å². The molecule has 2 aliphatic carbocycles. The fourth-order valence-corrected chi connectivity index (χ4v) is 84.5. The molecule has 0 radical (unpaired) electrons. The van der Waals surface area contributed by atoms with Crippen molar-refractivity contribution in [3.63, 3.8) is 0 Å². The fraction of sp³-hybridized carbons (Fsp3) is 0.867. The van der Waals surface area contributed by atoms with E-state index in [4.69, 9.17) is 19.1 Å². The number of rotatable bonds is 12. The van der Waals surface area contributed by atoms with Crippen LogP contribution in [0, 0.1) is 11.8 Å². The summed E-state index contributed by atoms with van der Waals surface area (Å²) in [5.74, 6) is 1.57. The van der Waals surface area contributed by atoms with Gasteiger partial charge in [0.2, 0.25) is 0 Å². The predicted octanol–water partition coefficient (Wildman–Crippen LogP) is 11.7. The van der Waals surface area contributed by atoms with Crippen LogP contribution in [0.4, 0.5) is 0 Å². The van der Waals surface area contributed by atoms with Gasteiger partial charge in [-0.05, 0) is 0 Å². The van der Waals surface area contributed by atoms with Gasteiger partial charge >= 0.3 is 233 Å². The summed E-state index contributed by atoms with van der Waals surface area (Å²) in [5, 5.41) is 0. The van der Waals surface area contributed by atoms with Crippen LogP contribution in [0.5, 0.6) is 0 Å². The molecule has 2 aliphatic rings. The van der Waals surface area contributed by atoms with Crippen molar-refractivity contribution >= 4 is 30.0 Å². The third-order valence-corrected chi connectivity index (χ3v) is 69.8. The normalized spacial score (nSPS) is 21.9. The van der Waals surface area contributed by atoms with Crippen LogP contribution in [0.3, 0.4) is 0 Å². The number of hydrogen-bond acceptors (Lipinski definition) is 0. The van der Waals surface area contributed by atoms with E-state index in [0.29, 0.717) is 22.6 Å². The molecule has 0 amide bonds. The van der Waals surface area contributed by atoms with Crippen LogP contribution in [-0.4, -0.2) is 35.0 Å². The second-order valence-corrected chi connectivity index (χ2v) is 49.4. The van der Waals surface area contributed by atoms with E-state index in [0.717, 1.165) is 11.8 Å². The first-order chi connectivity index (χ1) is 16.4. The van der Waals surface area contributed by atoms with Gasteiger partial charge in [0.15, 0.2) is 0 Å². The van der Waals surface area contributed by atoms with Gasteiger partial charge in [0.25, 0.3) is 0 Å². The molecule has 5 heteroatoms. The number of allylic oxidation sites excluding steroid dienone is 4. The molecule has 2 saturated carbocycles. The quantitative estimate of drug-likeness (QED) is 0.111. The second-order valence-electron chi connectivity index (χ2n) is 12.8. The molecule has 0 spiro atoms. The van der Waals surface area contributed by atoms with E-state index in [1.165, 1.54) is 76.5 Å². The summed E-state index contributed by atoms with van der Waals surface area (Å²) in [6, 6.07) is 0. The zero-order valence-electron chi connectivity index (χ0n) is 24.3. The molecule has 0 nitrogen and oxygen atoms in total. The van der Waals surface area contributed by atoms with E-state index in [-0.39, 0.29) is 0 Å². The van der Waals surface area contributed by atoms with Crippen LogP contribution < -0.4 is 0 Å². The zero-order chi connectivity index (χ0) is 26.3. The minimum absolute atomic E-state index is 0.622. The van der Waals surface area contributed by atoms with E-state index >= 15 is 0 Å². The molecule has 0 aromatic rings. The fourth-order valence-electron chi connectivity index (χ4n) is 7.15. The van der Waals surface area contributed by atoms with Crippen molar-refractivity contribution in [2.75, 3.05) is 12.3 Å². The van der Waals surface area contributed by atoms with Gasteiger partial charge in [-0.2, -0.15) is 0 Å². The van der Waals surface area contributed by atoms with Crippen molar-refractivity contribution in [3.05, 3.63) is 24.3 Å². The average molecular weight is 660 g/mol. The molecule has 0 heterocycles. The summed E-state index contributed by atoms with van der Waals surface area (Å²) in [5.41, 5.74) is -1.49. The molecule has 0 unspecified atom stereocenters. The van der Waals surface area contributed by atoms with Crippen molar-refractivity contribution in [2.24, 2.45) is 11.8 Å². The SMILES string of the molecule is CC(C)[PH](CC=CC1CCCCC1)(C(C)C)[Pd]([Cl])([Cl])[PH](CC=CC1CCCCC1)(C(C)C)C(C)C. The molecule has 2 rings (SSSR count). The third-order valence-electron chi connectivity index (χ3n) is 9.39. The van der Waals surface area contributed by atoms with Crippen LogP contribution in [0.15, 0.2) is 24.3 Å². The molecule has 0 aromatic heterocycles. The maximum absolute atomic E-state index is 8.18. The first-order valence-corrected chi connectivity index (χ1v) is 27.8. The Morgan fingerprint density at radius 2 is 0.857 bits per heavy atom. The Kier molecular flexibility index (Phi) is 13.9. The monoisotopic (exact) mass is 658 g/mol. The van der Waals surface area contributed by atoms with Gasteiger partial charge in [0.1, 0.15) is 0 Å². The van der Waals surface area contributed by atoms with Crippen molar-refractivity contribution in [1.29, 1.82) is 0 Å². The Bertz CT molecular complexity index is 600. The Morgan fingerprint density at radius 1 is 0.571 bits per heavy atom. The van der Waals surface area contributed by atoms with Crippen LogP contribution in [0.1, 0.15) is 120 Å². The van der Waals surface area contributed by atoms with Crippen molar-refractivity contribution in [3.8, 4) is 0 Å². The molecule has 35 heavy (non-hydrogen) atoms. The van der Waals surface area contributed by atoms with Gasteiger partial charge in [0, 0.05) is 0 Å². The molecular formula is C30H60Cl2P2Pd. The first-order valence-electron chi connectivity index (χ1n) is 14.8. The van der Waals surface area contributed by atoms with E-state index in [1.807, 2.05) is 0 Å². The third kappa shape index (κ3) is 7.41. The zero-order valence-corrected chi connectivity index (χ0v) is 29.4. The van der Waals surface area contributed by atoms with Crippen molar-refractivity contribution < 1.29 is 12.5 Å². The molecule has 0 aromatic carbocycles. The number of halogens is 2. The van der Waals surface area contributed by atoms with Crippen molar-refractivity contribution in [2.45, 2.75) is 142 Å². The van der Waals surface area contributed by atoms with Crippen LogP contribution in [0.2, 0.25) is 0 Å². The van der Waals surface area contributed by atoms with Gasteiger partial charge in [-0.3, -0.25) is 0 Å². The Morgan fingerprint density at radius 3 is 1.11 bits per heavy atom. The molecule has 2 fully saturated rings. The Balaban J connectivity index is 2.46. The van der Waals surface area contributed by atoms with Gasteiger partial charge < -0.3 is 0 Å². The standard InChI is InChI=1S/2C15H29P.2ClH.Pd/c2*1-13(2)16(14(3)4)12-8-11-15-9-6-5-7-10-15;;;/h2*8,11,13-15H,5-7,9-10,12H2,1-4H3;2*1H;. The van der Waals surface area contributed by atoms with Gasteiger partial charge in [-0.25, -0.2) is 0 Å². The second kappa shape index (κ2) is 14.8. The van der Waals surface area contributed by atoms with Crippen LogP contribution >= 0.6 is 30.0 Å². The van der Waals surface area contributed by atoms with Crippen molar-refractivity contribution in [1.82, 2.24) is 0 Å². The summed E-state index contributed by atoms with van der Waals surface area (Å²) < 4.78 is 0. The summed E-state index contributed by atoms with van der Waals surface area (Å²) in [4.78, 5) is 0. The number of hydrogen-bond donors (Lipinski definition) is 0. The summed E-state index contributed by atoms with van der Waals surface area (Å²) >= 11 is -2.73. The average Bonchev–Trinajstić information content (AvgIpc) is 2.79. The molecule has 0 atom stereocenters. The van der Waals surface area contributed by atoms with E-state index < -0.39 is 23.4 Å². The molecular weight excluding hydrogens is 600 g/mol. The molecule has 0 N–H and O–H groups in total. The minimum atomic E-state index is -2.73. The molecule has 214 valence electrons. The summed E-state index contributed by atoms with van der Waals surface area (Å²) in [7, 11) is 16.4. The maximum atomic E-state index is 8.18.